The van der Waals surface area contributed by atoms with Gasteiger partial charge in [0.2, 0.25) is 0 Å². The summed E-state index contributed by atoms with van der Waals surface area (Å²) in [6.07, 6.45) is 2.04. The number of nitrogens with zero attached hydrogens (tertiary/aromatic N) is 1. The van der Waals surface area contributed by atoms with Gasteiger partial charge in [0, 0.05) is 25.4 Å². The Morgan fingerprint density at radius 3 is 2.57 bits per heavy atom. The first-order valence-electron chi connectivity index (χ1n) is 8.00. The summed E-state index contributed by atoms with van der Waals surface area (Å²) >= 11 is 0. The van der Waals surface area contributed by atoms with Gasteiger partial charge in [-0.3, -0.25) is 4.90 Å². The molecule has 120 valence electrons. The molecule has 0 bridgehead atoms. The number of benzene rings is 1. The minimum atomic E-state index is 0.316. The highest BCUT2D eigenvalue weighted by Gasteiger charge is 2.11. The Hall–Kier alpha value is -1.10. The van der Waals surface area contributed by atoms with E-state index in [2.05, 4.69) is 48.3 Å². The lowest BCUT2D eigenvalue weighted by Crippen LogP contribution is -2.28. The summed E-state index contributed by atoms with van der Waals surface area (Å²) < 4.78 is 5.32. The van der Waals surface area contributed by atoms with Gasteiger partial charge in [-0.15, -0.1) is 0 Å². The number of ether oxygens (including phenoxy) is 1. The summed E-state index contributed by atoms with van der Waals surface area (Å²) in [6.45, 7) is 8.96. The molecule has 0 amide bonds. The molecule has 4 nitrogen and oxygen atoms in total. The molecule has 0 radical (unpaired) electrons. The Morgan fingerprint density at radius 2 is 1.95 bits per heavy atom. The van der Waals surface area contributed by atoms with Gasteiger partial charge in [0.15, 0.2) is 0 Å². The largest absolute Gasteiger partial charge is 0.383 e. The monoisotopic (exact) mass is 293 g/mol. The van der Waals surface area contributed by atoms with Crippen molar-refractivity contribution in [2.75, 3.05) is 38.7 Å². The standard InChI is InChI=1S/C17H31N3O/c1-4-20(5-2)13-15-9-6-7-11-17(15)19-16(14-21-3)10-8-12-18/h6-7,9,11,16,19H,4-5,8,10,12-14,18H2,1-3H3. The number of nitrogens with one attached hydrogen (secondary N) is 1. The van der Waals surface area contributed by atoms with E-state index >= 15 is 0 Å². The first-order chi connectivity index (χ1) is 10.2. The van der Waals surface area contributed by atoms with Crippen molar-refractivity contribution in [1.82, 2.24) is 4.90 Å². The van der Waals surface area contributed by atoms with Crippen LogP contribution in [0, 0.1) is 0 Å². The highest BCUT2D eigenvalue weighted by molar-refractivity contribution is 5.51. The number of anilines is 1. The summed E-state index contributed by atoms with van der Waals surface area (Å²) in [5.74, 6) is 0. The Kier molecular flexibility index (Phi) is 9.06. The minimum Gasteiger partial charge on any atom is -0.383 e. The van der Waals surface area contributed by atoms with Gasteiger partial charge in [-0.25, -0.2) is 0 Å². The normalized spacial score (nSPS) is 12.6. The van der Waals surface area contributed by atoms with Crippen LogP contribution in [0.25, 0.3) is 0 Å². The highest BCUT2D eigenvalue weighted by Crippen LogP contribution is 2.19. The van der Waals surface area contributed by atoms with Crippen LogP contribution in [-0.4, -0.2) is 44.3 Å². The molecule has 1 atom stereocenters. The van der Waals surface area contributed by atoms with Gasteiger partial charge in [-0.05, 0) is 44.1 Å². The van der Waals surface area contributed by atoms with Crippen molar-refractivity contribution in [3.8, 4) is 0 Å². The van der Waals surface area contributed by atoms with Crippen molar-refractivity contribution in [2.24, 2.45) is 5.73 Å². The lowest BCUT2D eigenvalue weighted by atomic mass is 10.1. The van der Waals surface area contributed by atoms with Crippen LogP contribution < -0.4 is 11.1 Å². The van der Waals surface area contributed by atoms with Crippen molar-refractivity contribution in [2.45, 2.75) is 39.3 Å². The Bertz CT molecular complexity index is 380. The zero-order chi connectivity index (χ0) is 15.5. The van der Waals surface area contributed by atoms with Gasteiger partial charge in [-0.1, -0.05) is 32.0 Å². The second-order valence-electron chi connectivity index (χ2n) is 5.35. The predicted octanol–water partition coefficient (Wildman–Crippen LogP) is 2.69. The molecule has 0 saturated heterocycles. The van der Waals surface area contributed by atoms with Crippen molar-refractivity contribution < 1.29 is 4.74 Å². The smallest absolute Gasteiger partial charge is 0.0664 e. The van der Waals surface area contributed by atoms with E-state index in [9.17, 15) is 0 Å². The van der Waals surface area contributed by atoms with E-state index in [4.69, 9.17) is 10.5 Å². The van der Waals surface area contributed by atoms with E-state index in [1.165, 1.54) is 11.3 Å². The van der Waals surface area contributed by atoms with Crippen LogP contribution in [0.15, 0.2) is 24.3 Å². The molecule has 0 aliphatic heterocycles. The molecule has 0 aliphatic carbocycles. The summed E-state index contributed by atoms with van der Waals surface area (Å²) in [4.78, 5) is 2.42. The molecule has 3 N–H and O–H groups in total. The molecular formula is C17H31N3O. The van der Waals surface area contributed by atoms with E-state index in [1.54, 1.807) is 7.11 Å². The zero-order valence-corrected chi connectivity index (χ0v) is 13.8. The van der Waals surface area contributed by atoms with Crippen LogP contribution in [0.5, 0.6) is 0 Å². The van der Waals surface area contributed by atoms with Crippen LogP contribution in [0.4, 0.5) is 5.69 Å². The van der Waals surface area contributed by atoms with Crippen LogP contribution in [0.1, 0.15) is 32.3 Å². The maximum atomic E-state index is 5.62. The topological polar surface area (TPSA) is 50.5 Å². The summed E-state index contributed by atoms with van der Waals surface area (Å²) in [6, 6.07) is 8.87. The summed E-state index contributed by atoms with van der Waals surface area (Å²) in [5, 5.41) is 3.63. The molecule has 0 heterocycles. The fraction of sp³-hybridized carbons (Fsp3) is 0.647. The van der Waals surface area contributed by atoms with Crippen molar-refractivity contribution in [3.05, 3.63) is 29.8 Å². The number of hydrogen-bond acceptors (Lipinski definition) is 4. The number of nitrogens with two attached hydrogens (primary N) is 1. The lowest BCUT2D eigenvalue weighted by Gasteiger charge is -2.24. The first-order valence-corrected chi connectivity index (χ1v) is 8.00. The van der Waals surface area contributed by atoms with Crippen LogP contribution in [0.2, 0.25) is 0 Å². The van der Waals surface area contributed by atoms with E-state index in [0.717, 1.165) is 39.0 Å². The number of methoxy groups -OCH3 is 1. The molecular weight excluding hydrogens is 262 g/mol. The van der Waals surface area contributed by atoms with E-state index in [1.807, 2.05) is 0 Å². The van der Waals surface area contributed by atoms with E-state index in [-0.39, 0.29) is 0 Å². The zero-order valence-electron chi connectivity index (χ0n) is 13.8. The third kappa shape index (κ3) is 6.46. The molecule has 0 aliphatic rings. The fourth-order valence-corrected chi connectivity index (χ4v) is 2.47. The van der Waals surface area contributed by atoms with E-state index in [0.29, 0.717) is 12.6 Å². The van der Waals surface area contributed by atoms with Gasteiger partial charge in [-0.2, -0.15) is 0 Å². The SMILES string of the molecule is CCN(CC)Cc1ccccc1NC(CCCN)COC. The summed E-state index contributed by atoms with van der Waals surface area (Å²) in [5.41, 5.74) is 8.18. The molecule has 1 aromatic carbocycles. The van der Waals surface area contributed by atoms with Crippen LogP contribution >= 0.6 is 0 Å². The summed E-state index contributed by atoms with van der Waals surface area (Å²) in [7, 11) is 1.75. The quantitative estimate of drug-likeness (QED) is 0.658. The van der Waals surface area contributed by atoms with Crippen LogP contribution in [0.3, 0.4) is 0 Å². The van der Waals surface area contributed by atoms with Crippen molar-refractivity contribution >= 4 is 5.69 Å². The second kappa shape index (κ2) is 10.6. The maximum absolute atomic E-state index is 5.62. The predicted molar refractivity (Wildman–Crippen MR) is 90.6 cm³/mol. The van der Waals surface area contributed by atoms with Gasteiger partial charge >= 0.3 is 0 Å². The highest BCUT2D eigenvalue weighted by atomic mass is 16.5. The average molecular weight is 293 g/mol. The Morgan fingerprint density at radius 1 is 1.24 bits per heavy atom. The van der Waals surface area contributed by atoms with Crippen molar-refractivity contribution in [3.63, 3.8) is 0 Å². The maximum Gasteiger partial charge on any atom is 0.0664 e. The molecule has 0 saturated carbocycles. The van der Waals surface area contributed by atoms with Gasteiger partial charge in [0.25, 0.3) is 0 Å². The third-order valence-electron chi connectivity index (χ3n) is 3.79. The molecule has 0 aromatic heterocycles. The number of rotatable bonds is 11. The van der Waals surface area contributed by atoms with Gasteiger partial charge < -0.3 is 15.8 Å². The minimum absolute atomic E-state index is 0.316. The molecule has 0 spiro atoms. The Balaban J connectivity index is 2.75. The second-order valence-corrected chi connectivity index (χ2v) is 5.35. The molecule has 1 aromatic rings. The fourth-order valence-electron chi connectivity index (χ4n) is 2.47. The number of para-hydroxylation sites is 1. The molecule has 1 unspecified atom stereocenters. The lowest BCUT2D eigenvalue weighted by molar-refractivity contribution is 0.182. The van der Waals surface area contributed by atoms with Gasteiger partial charge in [0.05, 0.1) is 6.61 Å². The Labute approximate surface area is 129 Å². The van der Waals surface area contributed by atoms with Crippen molar-refractivity contribution in [1.29, 1.82) is 0 Å². The molecule has 1 rings (SSSR count). The number of hydrogen-bond donors (Lipinski definition) is 2. The first kappa shape index (κ1) is 18.0. The van der Waals surface area contributed by atoms with Crippen LogP contribution in [-0.2, 0) is 11.3 Å². The third-order valence-corrected chi connectivity index (χ3v) is 3.79. The van der Waals surface area contributed by atoms with E-state index < -0.39 is 0 Å². The molecule has 0 fully saturated rings. The molecule has 4 heteroatoms. The average Bonchev–Trinajstić information content (AvgIpc) is 2.51. The van der Waals surface area contributed by atoms with Gasteiger partial charge in [0.1, 0.15) is 0 Å². The molecule has 21 heavy (non-hydrogen) atoms.